The average molecular weight is 240 g/mol. The number of ether oxygens (including phenoxy) is 1. The van der Waals surface area contributed by atoms with Gasteiger partial charge in [0.1, 0.15) is 5.82 Å². The van der Waals surface area contributed by atoms with E-state index in [2.05, 4.69) is 25.2 Å². The smallest absolute Gasteiger partial charge is 0.307 e. The van der Waals surface area contributed by atoms with Crippen LogP contribution in [0, 0.1) is 0 Å². The summed E-state index contributed by atoms with van der Waals surface area (Å²) in [4.78, 5) is 26.4. The zero-order valence-corrected chi connectivity index (χ0v) is 10.1. The van der Waals surface area contributed by atoms with Crippen LogP contribution in [-0.2, 0) is 9.53 Å². The Hall–Kier alpha value is -1.92. The summed E-state index contributed by atoms with van der Waals surface area (Å²) in [6, 6.07) is 0. The van der Waals surface area contributed by atoms with Gasteiger partial charge in [0.2, 0.25) is 5.82 Å². The van der Waals surface area contributed by atoms with Crippen LogP contribution in [0.1, 0.15) is 42.6 Å². The van der Waals surface area contributed by atoms with Crippen molar-refractivity contribution in [2.24, 2.45) is 0 Å². The van der Waals surface area contributed by atoms with Crippen LogP contribution < -0.4 is 5.32 Å². The van der Waals surface area contributed by atoms with E-state index in [0.29, 0.717) is 5.82 Å². The summed E-state index contributed by atoms with van der Waals surface area (Å²) in [5.41, 5.74) is 0. The standard InChI is InChI=1S/C10H16N4O3/c1-6(2)8-12-9(14-13-8)10(16)11-5-4-7(15)17-3/h6H,4-5H2,1-3H3,(H,11,16)(H,12,13,14). The largest absolute Gasteiger partial charge is 0.469 e. The molecule has 0 aliphatic heterocycles. The molecular formula is C10H16N4O3. The molecule has 0 saturated carbocycles. The molecule has 1 aromatic rings. The number of carbonyl (C=O) groups excluding carboxylic acids is 2. The monoisotopic (exact) mass is 240 g/mol. The number of nitrogens with one attached hydrogen (secondary N) is 2. The van der Waals surface area contributed by atoms with Gasteiger partial charge in [0.05, 0.1) is 13.5 Å². The molecule has 0 radical (unpaired) electrons. The molecule has 0 spiro atoms. The van der Waals surface area contributed by atoms with E-state index in [1.165, 1.54) is 7.11 Å². The number of methoxy groups -OCH3 is 1. The minimum atomic E-state index is -0.406. The van der Waals surface area contributed by atoms with E-state index in [9.17, 15) is 9.59 Å². The Balaban J connectivity index is 2.44. The van der Waals surface area contributed by atoms with Crippen molar-refractivity contribution in [2.45, 2.75) is 26.2 Å². The lowest BCUT2D eigenvalue weighted by molar-refractivity contribution is -0.140. The van der Waals surface area contributed by atoms with E-state index in [1.54, 1.807) is 0 Å². The fourth-order valence-corrected chi connectivity index (χ4v) is 1.09. The lowest BCUT2D eigenvalue weighted by atomic mass is 10.2. The van der Waals surface area contributed by atoms with Crippen LogP contribution >= 0.6 is 0 Å². The second kappa shape index (κ2) is 5.97. The van der Waals surface area contributed by atoms with E-state index in [0.717, 1.165) is 0 Å². The summed E-state index contributed by atoms with van der Waals surface area (Å²) in [6.45, 7) is 4.09. The molecule has 0 fully saturated rings. The highest BCUT2D eigenvalue weighted by atomic mass is 16.5. The second-order valence-electron chi connectivity index (χ2n) is 3.78. The minimum absolute atomic E-state index is 0.0820. The molecule has 0 saturated heterocycles. The maximum atomic E-state index is 11.5. The van der Waals surface area contributed by atoms with Crippen molar-refractivity contribution < 1.29 is 14.3 Å². The van der Waals surface area contributed by atoms with Gasteiger partial charge in [0.15, 0.2) is 0 Å². The van der Waals surface area contributed by atoms with Crippen molar-refractivity contribution >= 4 is 11.9 Å². The summed E-state index contributed by atoms with van der Waals surface area (Å²) < 4.78 is 4.45. The van der Waals surface area contributed by atoms with Crippen molar-refractivity contribution in [3.63, 3.8) is 0 Å². The normalized spacial score (nSPS) is 10.4. The molecule has 0 aliphatic carbocycles. The first-order chi connectivity index (χ1) is 8.04. The van der Waals surface area contributed by atoms with Gasteiger partial charge in [0, 0.05) is 12.5 Å². The molecule has 0 aromatic carbocycles. The number of aromatic nitrogens is 3. The molecule has 0 atom stereocenters. The molecule has 1 rings (SSSR count). The summed E-state index contributed by atoms with van der Waals surface area (Å²) in [5.74, 6) is 0.140. The lowest BCUT2D eigenvalue weighted by Crippen LogP contribution is -2.27. The Kier molecular flexibility index (Phi) is 4.62. The van der Waals surface area contributed by atoms with E-state index < -0.39 is 5.91 Å². The van der Waals surface area contributed by atoms with Crippen LogP contribution in [0.3, 0.4) is 0 Å². The van der Waals surface area contributed by atoms with Crippen LogP contribution in [0.15, 0.2) is 0 Å². The maximum Gasteiger partial charge on any atom is 0.307 e. The van der Waals surface area contributed by atoms with E-state index in [4.69, 9.17) is 0 Å². The van der Waals surface area contributed by atoms with Crippen LogP contribution in [0.25, 0.3) is 0 Å². The van der Waals surface area contributed by atoms with Gasteiger partial charge < -0.3 is 10.1 Å². The number of hydrogen-bond donors (Lipinski definition) is 2. The van der Waals surface area contributed by atoms with Crippen LogP contribution in [0.2, 0.25) is 0 Å². The lowest BCUT2D eigenvalue weighted by Gasteiger charge is -2.00. The number of rotatable bonds is 5. The third-order valence-electron chi connectivity index (χ3n) is 2.10. The third kappa shape index (κ3) is 3.86. The summed E-state index contributed by atoms with van der Waals surface area (Å²) in [6.07, 6.45) is 0.129. The van der Waals surface area contributed by atoms with Crippen molar-refractivity contribution in [1.29, 1.82) is 0 Å². The molecule has 0 unspecified atom stereocenters. The first-order valence-corrected chi connectivity index (χ1v) is 5.32. The van der Waals surface area contributed by atoms with E-state index >= 15 is 0 Å². The van der Waals surface area contributed by atoms with Crippen molar-refractivity contribution in [1.82, 2.24) is 20.5 Å². The number of amides is 1. The molecular weight excluding hydrogens is 224 g/mol. The summed E-state index contributed by atoms with van der Waals surface area (Å²) in [7, 11) is 1.30. The summed E-state index contributed by atoms with van der Waals surface area (Å²) in [5, 5.41) is 9.01. The molecule has 0 bridgehead atoms. The molecule has 94 valence electrons. The number of aromatic amines is 1. The number of esters is 1. The average Bonchev–Trinajstić information content (AvgIpc) is 2.78. The van der Waals surface area contributed by atoms with Crippen LogP contribution in [-0.4, -0.2) is 40.7 Å². The van der Waals surface area contributed by atoms with Crippen molar-refractivity contribution in [3.8, 4) is 0 Å². The van der Waals surface area contributed by atoms with Gasteiger partial charge in [-0.3, -0.25) is 14.7 Å². The highest BCUT2D eigenvalue weighted by Gasteiger charge is 2.13. The molecule has 2 N–H and O–H groups in total. The Morgan fingerprint density at radius 1 is 1.47 bits per heavy atom. The number of hydrogen-bond acceptors (Lipinski definition) is 5. The molecule has 7 heteroatoms. The Bertz CT molecular complexity index is 400. The fourth-order valence-electron chi connectivity index (χ4n) is 1.09. The highest BCUT2D eigenvalue weighted by Crippen LogP contribution is 2.07. The SMILES string of the molecule is COC(=O)CCNC(=O)c1n[nH]c(C(C)C)n1. The highest BCUT2D eigenvalue weighted by molar-refractivity contribution is 5.90. The van der Waals surface area contributed by atoms with Gasteiger partial charge in [0.25, 0.3) is 5.91 Å². The number of carbonyl (C=O) groups is 2. The maximum absolute atomic E-state index is 11.5. The molecule has 1 heterocycles. The Labute approximate surface area is 99.0 Å². The Morgan fingerprint density at radius 3 is 2.71 bits per heavy atom. The fraction of sp³-hybridized carbons (Fsp3) is 0.600. The summed E-state index contributed by atoms with van der Waals surface area (Å²) >= 11 is 0. The Morgan fingerprint density at radius 2 is 2.18 bits per heavy atom. The first kappa shape index (κ1) is 13.1. The third-order valence-corrected chi connectivity index (χ3v) is 2.10. The van der Waals surface area contributed by atoms with Crippen molar-refractivity contribution in [2.75, 3.05) is 13.7 Å². The zero-order valence-electron chi connectivity index (χ0n) is 10.1. The first-order valence-electron chi connectivity index (χ1n) is 5.32. The van der Waals surface area contributed by atoms with Gasteiger partial charge in [-0.2, -0.15) is 0 Å². The quantitative estimate of drug-likeness (QED) is 0.717. The van der Waals surface area contributed by atoms with Gasteiger partial charge in [-0.25, -0.2) is 4.98 Å². The van der Waals surface area contributed by atoms with Gasteiger partial charge in [-0.1, -0.05) is 13.8 Å². The van der Waals surface area contributed by atoms with Crippen molar-refractivity contribution in [3.05, 3.63) is 11.6 Å². The number of nitrogens with zero attached hydrogens (tertiary/aromatic N) is 2. The minimum Gasteiger partial charge on any atom is -0.469 e. The number of H-pyrrole nitrogens is 1. The molecule has 1 amide bonds. The predicted molar refractivity (Wildman–Crippen MR) is 59.4 cm³/mol. The molecule has 17 heavy (non-hydrogen) atoms. The predicted octanol–water partition coefficient (Wildman–Crippen LogP) is 0.221. The topological polar surface area (TPSA) is 97.0 Å². The van der Waals surface area contributed by atoms with E-state index in [-0.39, 0.29) is 30.7 Å². The van der Waals surface area contributed by atoms with Gasteiger partial charge in [-0.05, 0) is 0 Å². The van der Waals surface area contributed by atoms with Gasteiger partial charge in [-0.15, -0.1) is 5.10 Å². The van der Waals surface area contributed by atoms with Crippen LogP contribution in [0.5, 0.6) is 0 Å². The molecule has 7 nitrogen and oxygen atoms in total. The molecule has 1 aromatic heterocycles. The molecule has 0 aliphatic rings. The van der Waals surface area contributed by atoms with Crippen LogP contribution in [0.4, 0.5) is 0 Å². The van der Waals surface area contributed by atoms with E-state index in [1.807, 2.05) is 13.8 Å². The second-order valence-corrected chi connectivity index (χ2v) is 3.78. The van der Waals surface area contributed by atoms with Gasteiger partial charge >= 0.3 is 5.97 Å². The zero-order chi connectivity index (χ0) is 12.8.